The van der Waals surface area contributed by atoms with E-state index in [1.54, 1.807) is 13.8 Å². The van der Waals surface area contributed by atoms with E-state index in [4.69, 9.17) is 4.52 Å². The van der Waals surface area contributed by atoms with Gasteiger partial charge < -0.3 is 25.0 Å². The van der Waals surface area contributed by atoms with Gasteiger partial charge in [-0.1, -0.05) is 12.1 Å². The second-order valence-electron chi connectivity index (χ2n) is 10.4. The van der Waals surface area contributed by atoms with Crippen LogP contribution in [0.1, 0.15) is 52.0 Å². The number of hydrogen-bond acceptors (Lipinski definition) is 5. The largest absolute Gasteiger partial charge is 0.359 e. The fourth-order valence-electron chi connectivity index (χ4n) is 6.39. The smallest absolute Gasteiger partial charge is 0.323 e. The molecular formula is C29H29N7O3. The minimum absolute atomic E-state index is 0.0376. The van der Waals surface area contributed by atoms with Gasteiger partial charge in [0, 0.05) is 59.4 Å². The molecule has 39 heavy (non-hydrogen) atoms. The summed E-state index contributed by atoms with van der Waals surface area (Å²) in [6, 6.07) is 5.64. The average Bonchev–Trinajstić information content (AvgIpc) is 3.65. The molecule has 0 saturated heterocycles. The van der Waals surface area contributed by atoms with Gasteiger partial charge in [0.25, 0.3) is 5.91 Å². The zero-order valence-electron chi connectivity index (χ0n) is 22.4. The summed E-state index contributed by atoms with van der Waals surface area (Å²) in [6.45, 7) is 7.05. The highest BCUT2D eigenvalue weighted by Gasteiger charge is 2.35. The van der Waals surface area contributed by atoms with Crippen molar-refractivity contribution < 1.29 is 14.1 Å². The van der Waals surface area contributed by atoms with Crippen LogP contribution < -0.4 is 16.0 Å². The number of carbonyl (C=O) groups is 2. The van der Waals surface area contributed by atoms with E-state index in [2.05, 4.69) is 43.8 Å². The SMILES string of the molecule is CCCn1c2ccc(NC(=O)Nc3c(C)noc3C)cc2c2c3c(c4c(c21)CCc1nn(C)cc1-4)C(=O)NC3. The van der Waals surface area contributed by atoms with Crippen molar-refractivity contribution in [2.24, 2.45) is 7.05 Å². The molecule has 0 unspecified atom stereocenters. The van der Waals surface area contributed by atoms with Crippen LogP contribution in [0, 0.1) is 13.8 Å². The van der Waals surface area contributed by atoms with Gasteiger partial charge in [-0.15, -0.1) is 0 Å². The Balaban J connectivity index is 1.43. The Morgan fingerprint density at radius 3 is 2.77 bits per heavy atom. The number of rotatable bonds is 4. The first-order valence-corrected chi connectivity index (χ1v) is 13.3. The van der Waals surface area contributed by atoms with Crippen molar-refractivity contribution in [1.82, 2.24) is 24.8 Å². The molecule has 3 N–H and O–H groups in total. The quantitative estimate of drug-likeness (QED) is 0.299. The van der Waals surface area contributed by atoms with Gasteiger partial charge in [-0.3, -0.25) is 9.48 Å². The van der Waals surface area contributed by atoms with Crippen LogP contribution in [-0.4, -0.2) is 31.4 Å². The Kier molecular flexibility index (Phi) is 5.10. The van der Waals surface area contributed by atoms with Crippen molar-refractivity contribution in [3.63, 3.8) is 0 Å². The molecule has 1 aliphatic heterocycles. The van der Waals surface area contributed by atoms with E-state index in [9.17, 15) is 9.59 Å². The number of anilines is 2. The number of fused-ring (bicyclic) bond motifs is 10. The molecule has 0 atom stereocenters. The fraction of sp³-hybridized carbons (Fsp3) is 0.310. The second kappa shape index (κ2) is 8.45. The van der Waals surface area contributed by atoms with Gasteiger partial charge in [-0.25, -0.2) is 4.79 Å². The Morgan fingerprint density at radius 2 is 2.00 bits per heavy atom. The van der Waals surface area contributed by atoms with Crippen LogP contribution >= 0.6 is 0 Å². The Labute approximate surface area is 224 Å². The van der Waals surface area contributed by atoms with Gasteiger partial charge >= 0.3 is 6.03 Å². The lowest BCUT2D eigenvalue weighted by Gasteiger charge is -2.21. The molecule has 0 fully saturated rings. The first-order valence-electron chi connectivity index (χ1n) is 13.3. The van der Waals surface area contributed by atoms with Gasteiger partial charge in [-0.05, 0) is 62.4 Å². The van der Waals surface area contributed by atoms with Gasteiger partial charge in [-0.2, -0.15) is 5.10 Å². The summed E-state index contributed by atoms with van der Waals surface area (Å²) in [5.74, 6) is 0.513. The molecular weight excluding hydrogens is 494 g/mol. The molecule has 3 amide bonds. The third-order valence-corrected chi connectivity index (χ3v) is 7.92. The number of urea groups is 1. The van der Waals surface area contributed by atoms with Crippen LogP contribution in [0.4, 0.5) is 16.2 Å². The lowest BCUT2D eigenvalue weighted by molar-refractivity contribution is 0.0966. The number of aromatic nitrogens is 4. The van der Waals surface area contributed by atoms with Gasteiger partial charge in [0.15, 0.2) is 5.76 Å². The van der Waals surface area contributed by atoms with Crippen molar-refractivity contribution >= 4 is 45.1 Å². The molecule has 2 aromatic carbocycles. The van der Waals surface area contributed by atoms with Crippen molar-refractivity contribution in [1.29, 1.82) is 0 Å². The van der Waals surface area contributed by atoms with Crippen LogP contribution in [0.15, 0.2) is 28.9 Å². The van der Waals surface area contributed by atoms with Crippen LogP contribution in [0.2, 0.25) is 0 Å². The highest BCUT2D eigenvalue weighted by molar-refractivity contribution is 6.20. The number of aryl methyl sites for hydroxylation is 6. The molecule has 0 bridgehead atoms. The summed E-state index contributed by atoms with van der Waals surface area (Å²) in [4.78, 5) is 26.1. The normalized spacial score (nSPS) is 13.9. The lowest BCUT2D eigenvalue weighted by atomic mass is 9.82. The average molecular weight is 524 g/mol. The summed E-state index contributed by atoms with van der Waals surface area (Å²) in [6.07, 6.45) is 4.67. The monoisotopic (exact) mass is 523 g/mol. The first-order chi connectivity index (χ1) is 18.9. The zero-order valence-corrected chi connectivity index (χ0v) is 22.4. The number of hydrogen-bond donors (Lipinski definition) is 3. The Bertz CT molecular complexity index is 1840. The zero-order chi connectivity index (χ0) is 27.0. The number of benzene rings is 2. The van der Waals surface area contributed by atoms with E-state index in [0.717, 1.165) is 70.0 Å². The highest BCUT2D eigenvalue weighted by Crippen LogP contribution is 2.47. The molecule has 0 spiro atoms. The Hall–Kier alpha value is -4.60. The summed E-state index contributed by atoms with van der Waals surface area (Å²) in [5.41, 5.74) is 10.2. The molecule has 4 heterocycles. The molecule has 0 saturated carbocycles. The summed E-state index contributed by atoms with van der Waals surface area (Å²) in [7, 11) is 1.93. The molecule has 1 aliphatic carbocycles. The Morgan fingerprint density at radius 1 is 1.15 bits per heavy atom. The fourth-order valence-corrected chi connectivity index (χ4v) is 6.39. The van der Waals surface area contributed by atoms with E-state index < -0.39 is 0 Å². The molecule has 198 valence electrons. The molecule has 0 radical (unpaired) electrons. The third kappa shape index (κ3) is 3.40. The summed E-state index contributed by atoms with van der Waals surface area (Å²) >= 11 is 0. The van der Waals surface area contributed by atoms with Crippen LogP contribution in [0.25, 0.3) is 32.9 Å². The summed E-state index contributed by atoms with van der Waals surface area (Å²) < 4.78 is 9.40. The molecule has 2 aliphatic rings. The van der Waals surface area contributed by atoms with Crippen LogP contribution in [-0.2, 0) is 33.0 Å². The summed E-state index contributed by atoms with van der Waals surface area (Å²) in [5, 5.41) is 19.6. The van der Waals surface area contributed by atoms with Gasteiger partial charge in [0.2, 0.25) is 0 Å². The first kappa shape index (κ1) is 23.5. The third-order valence-electron chi connectivity index (χ3n) is 7.92. The van der Waals surface area contributed by atoms with Crippen molar-refractivity contribution in [3.05, 3.63) is 58.2 Å². The van der Waals surface area contributed by atoms with Crippen molar-refractivity contribution in [2.75, 3.05) is 10.6 Å². The standard InChI is InChI=1S/C29H29N7O3/c1-5-10-36-22-9-6-16(31-29(38)32-26-14(2)34-39-15(26)3)11-18(22)24-19-12-30-28(37)25(19)23-17(27(24)36)7-8-21-20(23)13-35(4)33-21/h6,9,11,13H,5,7-8,10,12H2,1-4H3,(H,30,37)(H2,31,32,38). The van der Waals surface area contributed by atoms with Gasteiger partial charge in [0.1, 0.15) is 11.4 Å². The maximum atomic E-state index is 13.3. The van der Waals surface area contributed by atoms with E-state index in [1.807, 2.05) is 30.1 Å². The molecule has 10 heteroatoms. The number of amides is 3. The van der Waals surface area contributed by atoms with Crippen LogP contribution in [0.5, 0.6) is 0 Å². The van der Waals surface area contributed by atoms with E-state index in [0.29, 0.717) is 29.4 Å². The molecule has 10 nitrogen and oxygen atoms in total. The number of nitrogens with one attached hydrogen (secondary N) is 3. The number of nitrogens with zero attached hydrogens (tertiary/aromatic N) is 4. The van der Waals surface area contributed by atoms with E-state index >= 15 is 0 Å². The maximum absolute atomic E-state index is 13.3. The topological polar surface area (TPSA) is 119 Å². The maximum Gasteiger partial charge on any atom is 0.323 e. The highest BCUT2D eigenvalue weighted by atomic mass is 16.5. The van der Waals surface area contributed by atoms with Gasteiger partial charge in [0.05, 0.1) is 16.8 Å². The van der Waals surface area contributed by atoms with Crippen molar-refractivity contribution in [2.45, 2.75) is 53.1 Å². The molecule has 7 rings (SSSR count). The van der Waals surface area contributed by atoms with E-state index in [-0.39, 0.29) is 11.9 Å². The second-order valence-corrected chi connectivity index (χ2v) is 10.4. The predicted molar refractivity (Wildman–Crippen MR) is 149 cm³/mol. The van der Waals surface area contributed by atoms with Crippen molar-refractivity contribution in [3.8, 4) is 11.1 Å². The molecule has 5 aromatic rings. The minimum atomic E-state index is -0.371. The van der Waals surface area contributed by atoms with E-state index in [1.165, 1.54) is 11.1 Å². The number of carbonyl (C=O) groups excluding carboxylic acids is 2. The molecule has 3 aromatic heterocycles. The van der Waals surface area contributed by atoms with Crippen LogP contribution in [0.3, 0.4) is 0 Å². The predicted octanol–water partition coefficient (Wildman–Crippen LogP) is 5.20. The lowest BCUT2D eigenvalue weighted by Crippen LogP contribution is -2.20. The minimum Gasteiger partial charge on any atom is -0.359 e.